The third-order valence-corrected chi connectivity index (χ3v) is 7.44. The smallest absolute Gasteiger partial charge is 0.249 e. The van der Waals surface area contributed by atoms with Crippen molar-refractivity contribution >= 4 is 39.8 Å². The van der Waals surface area contributed by atoms with Crippen LogP contribution < -0.4 is 15.1 Å². The molecule has 3 fully saturated rings. The van der Waals surface area contributed by atoms with Crippen LogP contribution in [-0.2, 0) is 15.6 Å². The van der Waals surface area contributed by atoms with Crippen molar-refractivity contribution in [1.82, 2.24) is 9.97 Å². The molecule has 0 spiro atoms. The third-order valence-electron chi connectivity index (χ3n) is 6.20. The van der Waals surface area contributed by atoms with Crippen LogP contribution >= 0.6 is 0 Å². The van der Waals surface area contributed by atoms with E-state index >= 15 is 0 Å². The van der Waals surface area contributed by atoms with Crippen LogP contribution in [0.2, 0.25) is 0 Å². The number of nitrogens with zero attached hydrogens (tertiary/aromatic N) is 4. The maximum atomic E-state index is 12.9. The van der Waals surface area contributed by atoms with E-state index in [1.165, 1.54) is 0 Å². The number of Topliss-reactive ketones (excluding diaryl/α,β-unsaturated/α-hetero) is 1. The number of amides is 1. The molecule has 0 bridgehead atoms. The molecule has 1 unspecified atom stereocenters. The van der Waals surface area contributed by atoms with Gasteiger partial charge in [0, 0.05) is 53.9 Å². The zero-order chi connectivity index (χ0) is 21.5. The largest absolute Gasteiger partial charge is 0.374 e. The molecular formula is C22H25N5O3S. The van der Waals surface area contributed by atoms with Crippen molar-refractivity contribution in [2.75, 3.05) is 41.0 Å². The molecule has 162 valence electrons. The Morgan fingerprint density at radius 3 is 2.39 bits per heavy atom. The number of carbonyl (C=O) groups excluding carboxylic acids is 2. The number of hydrogen-bond acceptors (Lipinski definition) is 7. The number of carbonyl (C=O) groups is 2. The first-order valence-electron chi connectivity index (χ1n) is 10.6. The Kier molecular flexibility index (Phi) is 5.21. The number of aromatic nitrogens is 2. The highest BCUT2D eigenvalue weighted by Crippen LogP contribution is 2.33. The SMILES string of the molecule is CS(=O)C1CN(c2ncc(N3CC[C@@H](Nc4ccc(C(=O)C5CC5)cc4)C3=O)cn2)C1. The fourth-order valence-electron chi connectivity index (χ4n) is 4.01. The van der Waals surface area contributed by atoms with Crippen molar-refractivity contribution < 1.29 is 13.8 Å². The lowest BCUT2D eigenvalue weighted by molar-refractivity contribution is -0.117. The Morgan fingerprint density at radius 2 is 1.77 bits per heavy atom. The van der Waals surface area contributed by atoms with Crippen molar-refractivity contribution in [3.05, 3.63) is 42.2 Å². The third kappa shape index (κ3) is 4.06. The zero-order valence-electron chi connectivity index (χ0n) is 17.4. The van der Waals surface area contributed by atoms with Gasteiger partial charge in [-0.25, -0.2) is 9.97 Å². The quantitative estimate of drug-likeness (QED) is 0.658. The number of rotatable bonds is 7. The van der Waals surface area contributed by atoms with Gasteiger partial charge >= 0.3 is 0 Å². The topological polar surface area (TPSA) is 95.5 Å². The van der Waals surface area contributed by atoms with E-state index < -0.39 is 10.8 Å². The van der Waals surface area contributed by atoms with Crippen molar-refractivity contribution in [3.63, 3.8) is 0 Å². The number of hydrogen-bond donors (Lipinski definition) is 1. The van der Waals surface area contributed by atoms with E-state index in [4.69, 9.17) is 0 Å². The minimum Gasteiger partial charge on any atom is -0.374 e. The Hall–Kier alpha value is -2.81. The molecule has 9 heteroatoms. The summed E-state index contributed by atoms with van der Waals surface area (Å²) in [7, 11) is -0.827. The average molecular weight is 440 g/mol. The lowest BCUT2D eigenvalue weighted by atomic mass is 10.1. The van der Waals surface area contributed by atoms with Crippen LogP contribution in [0.5, 0.6) is 0 Å². The second-order valence-corrected chi connectivity index (χ2v) is 10.1. The van der Waals surface area contributed by atoms with Gasteiger partial charge in [0.1, 0.15) is 6.04 Å². The van der Waals surface area contributed by atoms with Gasteiger partial charge in [0.05, 0.1) is 23.3 Å². The van der Waals surface area contributed by atoms with Crippen molar-refractivity contribution in [1.29, 1.82) is 0 Å². The molecule has 1 aromatic carbocycles. The molecule has 1 aromatic heterocycles. The molecule has 1 N–H and O–H groups in total. The highest BCUT2D eigenvalue weighted by atomic mass is 32.2. The lowest BCUT2D eigenvalue weighted by Gasteiger charge is -2.37. The van der Waals surface area contributed by atoms with Gasteiger partial charge in [-0.05, 0) is 43.5 Å². The number of nitrogens with one attached hydrogen (secondary N) is 1. The standard InChI is InChI=1S/C22H25N5O3S/c1-31(30)18-12-26(13-18)22-23-10-17(11-24-22)27-9-8-19(21(27)29)25-16-6-4-15(5-7-16)20(28)14-2-3-14/h4-7,10-11,14,18-19,25H,2-3,8-9,12-13H2,1H3/t19-,31?/m1/s1. The minimum absolute atomic E-state index is 0.0140. The van der Waals surface area contributed by atoms with Gasteiger partial charge in [-0.1, -0.05) is 0 Å². The van der Waals surface area contributed by atoms with Gasteiger partial charge in [0.25, 0.3) is 0 Å². The molecule has 2 atom stereocenters. The predicted molar refractivity (Wildman–Crippen MR) is 120 cm³/mol. The Morgan fingerprint density at radius 1 is 1.10 bits per heavy atom. The summed E-state index contributed by atoms with van der Waals surface area (Å²) in [5.41, 5.74) is 2.25. The Labute approximate surface area is 183 Å². The zero-order valence-corrected chi connectivity index (χ0v) is 18.2. The molecule has 31 heavy (non-hydrogen) atoms. The van der Waals surface area contributed by atoms with Gasteiger partial charge < -0.3 is 15.1 Å². The summed E-state index contributed by atoms with van der Waals surface area (Å²) in [6.07, 6.45) is 7.74. The maximum absolute atomic E-state index is 12.9. The maximum Gasteiger partial charge on any atom is 0.249 e. The van der Waals surface area contributed by atoms with Crippen molar-refractivity contribution in [2.45, 2.75) is 30.6 Å². The van der Waals surface area contributed by atoms with E-state index in [0.717, 1.165) is 24.1 Å². The number of anilines is 3. The van der Waals surface area contributed by atoms with Gasteiger partial charge in [0.2, 0.25) is 11.9 Å². The van der Waals surface area contributed by atoms with Crippen molar-refractivity contribution in [2.24, 2.45) is 5.92 Å². The van der Waals surface area contributed by atoms with Crippen LogP contribution in [0.25, 0.3) is 0 Å². The summed E-state index contributed by atoms with van der Waals surface area (Å²) in [5, 5.41) is 3.46. The second-order valence-electron chi connectivity index (χ2n) is 8.46. The summed E-state index contributed by atoms with van der Waals surface area (Å²) in [5.74, 6) is 1.01. The van der Waals surface area contributed by atoms with E-state index in [1.54, 1.807) is 23.5 Å². The average Bonchev–Trinajstić information content (AvgIpc) is 3.52. The fourth-order valence-corrected chi connectivity index (χ4v) is 4.79. The molecule has 1 aliphatic carbocycles. The predicted octanol–water partition coefficient (Wildman–Crippen LogP) is 1.85. The highest BCUT2D eigenvalue weighted by molar-refractivity contribution is 7.85. The first-order chi connectivity index (χ1) is 15.0. The van der Waals surface area contributed by atoms with Crippen LogP contribution in [-0.4, -0.2) is 63.0 Å². The first-order valence-corrected chi connectivity index (χ1v) is 12.2. The second kappa shape index (κ2) is 8.03. The Bertz CT molecular complexity index is 1020. The van der Waals surface area contributed by atoms with Gasteiger partial charge in [-0.2, -0.15) is 0 Å². The van der Waals surface area contributed by atoms with E-state index in [0.29, 0.717) is 37.7 Å². The van der Waals surface area contributed by atoms with Crippen LogP contribution in [0, 0.1) is 5.92 Å². The Balaban J connectivity index is 1.19. The van der Waals surface area contributed by atoms with E-state index in [1.807, 2.05) is 29.2 Å². The van der Waals surface area contributed by atoms with Crippen LogP contribution in [0.3, 0.4) is 0 Å². The molecule has 0 radical (unpaired) electrons. The molecule has 5 rings (SSSR count). The summed E-state index contributed by atoms with van der Waals surface area (Å²) in [6, 6.07) is 7.09. The van der Waals surface area contributed by atoms with Crippen LogP contribution in [0.4, 0.5) is 17.3 Å². The molecular weight excluding hydrogens is 414 g/mol. The van der Waals surface area contributed by atoms with Crippen LogP contribution in [0.15, 0.2) is 36.7 Å². The summed E-state index contributed by atoms with van der Waals surface area (Å²) in [6.45, 7) is 1.99. The molecule has 1 saturated carbocycles. The minimum atomic E-state index is -0.827. The lowest BCUT2D eigenvalue weighted by Crippen LogP contribution is -2.53. The van der Waals surface area contributed by atoms with Gasteiger partial charge in [-0.3, -0.25) is 13.8 Å². The number of ketones is 1. The van der Waals surface area contributed by atoms with E-state index in [-0.39, 0.29) is 28.9 Å². The first kappa shape index (κ1) is 20.1. The molecule has 1 amide bonds. The monoisotopic (exact) mass is 439 g/mol. The van der Waals surface area contributed by atoms with Gasteiger partial charge in [-0.15, -0.1) is 0 Å². The van der Waals surface area contributed by atoms with E-state index in [9.17, 15) is 13.8 Å². The van der Waals surface area contributed by atoms with Crippen LogP contribution in [0.1, 0.15) is 29.6 Å². The fraction of sp³-hybridized carbons (Fsp3) is 0.455. The van der Waals surface area contributed by atoms with Gasteiger partial charge in [0.15, 0.2) is 5.78 Å². The normalized spacial score (nSPS) is 22.4. The van der Waals surface area contributed by atoms with E-state index in [2.05, 4.69) is 15.3 Å². The summed E-state index contributed by atoms with van der Waals surface area (Å²) < 4.78 is 11.5. The summed E-state index contributed by atoms with van der Waals surface area (Å²) >= 11 is 0. The molecule has 2 aliphatic heterocycles. The molecule has 8 nitrogen and oxygen atoms in total. The molecule has 2 aromatic rings. The molecule has 2 saturated heterocycles. The van der Waals surface area contributed by atoms with Crippen molar-refractivity contribution in [3.8, 4) is 0 Å². The highest BCUT2D eigenvalue weighted by Gasteiger charge is 2.35. The molecule has 3 aliphatic rings. The molecule has 3 heterocycles. The summed E-state index contributed by atoms with van der Waals surface area (Å²) in [4.78, 5) is 37.5. The number of benzene rings is 1.